The first-order valence-corrected chi connectivity index (χ1v) is 3.21. The molecule has 4 nitrogen and oxygen atoms in total. The molecule has 0 heterocycles. The Labute approximate surface area is 64.8 Å². The summed E-state index contributed by atoms with van der Waals surface area (Å²) in [6.45, 7) is 1.80. The number of rotatable bonds is 1. The van der Waals surface area contributed by atoms with Gasteiger partial charge in [-0.2, -0.15) is 0 Å². The number of nitrogen functional groups attached to an aromatic ring is 2. The minimum absolute atomic E-state index is 0.532. The number of anilines is 3. The highest BCUT2D eigenvalue weighted by molar-refractivity contribution is 5.69. The largest absolute Gasteiger partial charge is 0.399 e. The molecule has 0 amide bonds. The SMILES string of the molecule is Cc1c(N)cc(N)cc1NO. The van der Waals surface area contributed by atoms with Crippen molar-refractivity contribution in [3.8, 4) is 0 Å². The maximum Gasteiger partial charge on any atom is 0.0672 e. The van der Waals surface area contributed by atoms with Crippen molar-refractivity contribution in [2.75, 3.05) is 16.9 Å². The molecule has 1 aromatic carbocycles. The topological polar surface area (TPSA) is 84.3 Å². The summed E-state index contributed by atoms with van der Waals surface area (Å²) in [6, 6.07) is 3.27. The van der Waals surface area contributed by atoms with Gasteiger partial charge in [-0.15, -0.1) is 0 Å². The van der Waals surface area contributed by atoms with Gasteiger partial charge in [-0.3, -0.25) is 10.7 Å². The highest BCUT2D eigenvalue weighted by Gasteiger charge is 2.01. The average Bonchev–Trinajstić information content (AvgIpc) is 1.96. The zero-order chi connectivity index (χ0) is 8.43. The van der Waals surface area contributed by atoms with E-state index in [1.807, 2.05) is 5.48 Å². The third kappa shape index (κ3) is 1.35. The highest BCUT2D eigenvalue weighted by Crippen LogP contribution is 2.23. The molecule has 0 radical (unpaired) electrons. The first kappa shape index (κ1) is 7.68. The first-order chi connectivity index (χ1) is 5.15. The lowest BCUT2D eigenvalue weighted by Crippen LogP contribution is -1.99. The number of hydrogen-bond donors (Lipinski definition) is 4. The zero-order valence-electron chi connectivity index (χ0n) is 6.26. The molecule has 6 N–H and O–H groups in total. The molecule has 0 aromatic heterocycles. The highest BCUT2D eigenvalue weighted by atomic mass is 16.5. The summed E-state index contributed by atoms with van der Waals surface area (Å²) in [4.78, 5) is 0. The van der Waals surface area contributed by atoms with Gasteiger partial charge < -0.3 is 11.5 Å². The predicted octanol–water partition coefficient (Wildman–Crippen LogP) is 0.961. The lowest BCUT2D eigenvalue weighted by Gasteiger charge is -2.07. The predicted molar refractivity (Wildman–Crippen MR) is 45.4 cm³/mol. The van der Waals surface area contributed by atoms with Crippen molar-refractivity contribution in [2.45, 2.75) is 6.92 Å². The fourth-order valence-corrected chi connectivity index (χ4v) is 0.876. The van der Waals surface area contributed by atoms with Crippen molar-refractivity contribution >= 4 is 17.1 Å². The molecular weight excluding hydrogens is 142 g/mol. The first-order valence-electron chi connectivity index (χ1n) is 3.21. The second kappa shape index (κ2) is 2.67. The van der Waals surface area contributed by atoms with Gasteiger partial charge in [0.1, 0.15) is 0 Å². The van der Waals surface area contributed by atoms with E-state index in [0.717, 1.165) is 5.56 Å². The van der Waals surface area contributed by atoms with E-state index in [1.54, 1.807) is 19.1 Å². The Morgan fingerprint density at radius 3 is 2.55 bits per heavy atom. The van der Waals surface area contributed by atoms with Crippen LogP contribution in [0.4, 0.5) is 17.1 Å². The van der Waals surface area contributed by atoms with Crippen molar-refractivity contribution in [1.82, 2.24) is 0 Å². The van der Waals surface area contributed by atoms with Crippen LogP contribution in [-0.2, 0) is 0 Å². The molecule has 0 aliphatic rings. The quantitative estimate of drug-likeness (QED) is 0.357. The smallest absolute Gasteiger partial charge is 0.0672 e. The number of nitrogens with two attached hydrogens (primary N) is 2. The summed E-state index contributed by atoms with van der Waals surface area (Å²) in [5.41, 5.74) is 15.5. The van der Waals surface area contributed by atoms with E-state index in [1.165, 1.54) is 0 Å². The van der Waals surface area contributed by atoms with E-state index in [2.05, 4.69) is 0 Å². The van der Waals surface area contributed by atoms with Crippen LogP contribution in [-0.4, -0.2) is 5.21 Å². The van der Waals surface area contributed by atoms with Crippen molar-refractivity contribution in [3.63, 3.8) is 0 Å². The maximum atomic E-state index is 8.61. The minimum atomic E-state index is 0.532. The summed E-state index contributed by atoms with van der Waals surface area (Å²) >= 11 is 0. The molecule has 0 unspecified atom stereocenters. The van der Waals surface area contributed by atoms with Gasteiger partial charge in [0.25, 0.3) is 0 Å². The van der Waals surface area contributed by atoms with Crippen LogP contribution in [0.1, 0.15) is 5.56 Å². The maximum absolute atomic E-state index is 8.61. The number of nitrogens with one attached hydrogen (secondary N) is 1. The van der Waals surface area contributed by atoms with Crippen LogP contribution >= 0.6 is 0 Å². The van der Waals surface area contributed by atoms with Crippen LogP contribution in [0.25, 0.3) is 0 Å². The Kier molecular flexibility index (Phi) is 1.87. The monoisotopic (exact) mass is 153 g/mol. The molecule has 1 rings (SSSR count). The van der Waals surface area contributed by atoms with Gasteiger partial charge in [0.05, 0.1) is 5.69 Å². The van der Waals surface area contributed by atoms with Crippen LogP contribution in [0.15, 0.2) is 12.1 Å². The molecule has 1 aromatic rings. The minimum Gasteiger partial charge on any atom is -0.399 e. The summed E-state index contributed by atoms with van der Waals surface area (Å²) in [5, 5.41) is 8.61. The zero-order valence-corrected chi connectivity index (χ0v) is 6.26. The molecule has 0 spiro atoms. The molecule has 0 aliphatic heterocycles. The van der Waals surface area contributed by atoms with Crippen LogP contribution in [0.5, 0.6) is 0 Å². The molecular formula is C7H11N3O. The van der Waals surface area contributed by atoms with Crippen LogP contribution in [0, 0.1) is 6.92 Å². The van der Waals surface area contributed by atoms with E-state index < -0.39 is 0 Å². The van der Waals surface area contributed by atoms with Crippen LogP contribution in [0.3, 0.4) is 0 Å². The molecule has 0 saturated carbocycles. The normalized spacial score (nSPS) is 9.64. The van der Waals surface area contributed by atoms with E-state index >= 15 is 0 Å². The standard InChI is InChI=1S/C7H11N3O/c1-4-6(9)2-5(8)3-7(4)10-11/h2-3,10-11H,8-9H2,1H3. The van der Waals surface area contributed by atoms with Gasteiger partial charge in [0.15, 0.2) is 0 Å². The molecule has 0 bridgehead atoms. The molecule has 0 fully saturated rings. The third-order valence-electron chi connectivity index (χ3n) is 1.59. The Bertz CT molecular complexity index is 273. The van der Waals surface area contributed by atoms with Crippen molar-refractivity contribution < 1.29 is 5.21 Å². The van der Waals surface area contributed by atoms with Gasteiger partial charge in [-0.25, -0.2) is 0 Å². The van der Waals surface area contributed by atoms with Crippen molar-refractivity contribution in [1.29, 1.82) is 0 Å². The Hall–Kier alpha value is -1.42. The third-order valence-corrected chi connectivity index (χ3v) is 1.59. The van der Waals surface area contributed by atoms with E-state index in [4.69, 9.17) is 16.7 Å². The van der Waals surface area contributed by atoms with Crippen molar-refractivity contribution in [2.24, 2.45) is 0 Å². The molecule has 4 heteroatoms. The van der Waals surface area contributed by atoms with Crippen LogP contribution < -0.4 is 16.9 Å². The summed E-state index contributed by atoms with van der Waals surface area (Å²) in [7, 11) is 0. The van der Waals surface area contributed by atoms with Crippen LogP contribution in [0.2, 0.25) is 0 Å². The van der Waals surface area contributed by atoms with E-state index in [0.29, 0.717) is 17.1 Å². The van der Waals surface area contributed by atoms with E-state index in [9.17, 15) is 0 Å². The summed E-state index contributed by atoms with van der Waals surface area (Å²) in [5.74, 6) is 0. The van der Waals surface area contributed by atoms with Gasteiger partial charge in [-0.1, -0.05) is 0 Å². The van der Waals surface area contributed by atoms with Gasteiger partial charge >= 0.3 is 0 Å². The van der Waals surface area contributed by atoms with Gasteiger partial charge in [0, 0.05) is 11.4 Å². The van der Waals surface area contributed by atoms with Gasteiger partial charge in [0.2, 0.25) is 0 Å². The molecule has 0 saturated heterocycles. The number of hydrogen-bond acceptors (Lipinski definition) is 4. The Morgan fingerprint density at radius 1 is 1.36 bits per heavy atom. The molecule has 60 valence electrons. The summed E-state index contributed by atoms with van der Waals surface area (Å²) in [6.07, 6.45) is 0. The molecule has 0 aliphatic carbocycles. The van der Waals surface area contributed by atoms with Gasteiger partial charge in [-0.05, 0) is 24.6 Å². The summed E-state index contributed by atoms with van der Waals surface area (Å²) < 4.78 is 0. The average molecular weight is 153 g/mol. The van der Waals surface area contributed by atoms with E-state index in [-0.39, 0.29) is 0 Å². The number of benzene rings is 1. The second-order valence-electron chi connectivity index (χ2n) is 2.39. The fraction of sp³-hybridized carbons (Fsp3) is 0.143. The lowest BCUT2D eigenvalue weighted by molar-refractivity contribution is 0.388. The second-order valence-corrected chi connectivity index (χ2v) is 2.39. The molecule has 0 atom stereocenters. The van der Waals surface area contributed by atoms with Crippen molar-refractivity contribution in [3.05, 3.63) is 17.7 Å². The Balaban J connectivity index is 3.24. The molecule has 11 heavy (non-hydrogen) atoms. The fourth-order valence-electron chi connectivity index (χ4n) is 0.876. The Morgan fingerprint density at radius 2 is 2.00 bits per heavy atom. The lowest BCUT2D eigenvalue weighted by atomic mass is 10.1.